The van der Waals surface area contributed by atoms with Gasteiger partial charge in [0.15, 0.2) is 0 Å². The van der Waals surface area contributed by atoms with Gasteiger partial charge in [0.05, 0.1) is 16.4 Å². The quantitative estimate of drug-likeness (QED) is 0.274. The maximum Gasteiger partial charge on any atom is 0.134 e. The normalized spacial score (nSPS) is 13.0. The van der Waals surface area contributed by atoms with Crippen LogP contribution in [0.15, 0.2) is 85.6 Å². The summed E-state index contributed by atoms with van der Waals surface area (Å²) in [5.74, 6) is 0.871. The number of pyridine rings is 2. The fourth-order valence-electron chi connectivity index (χ4n) is 4.34. The third kappa shape index (κ3) is 4.45. The average Bonchev–Trinajstić information content (AvgIpc) is 3.53. The molecule has 0 spiro atoms. The molecule has 1 atom stereocenters. The van der Waals surface area contributed by atoms with Gasteiger partial charge >= 0.3 is 0 Å². The molecule has 0 aliphatic heterocycles. The Morgan fingerprint density at radius 2 is 1.79 bits per heavy atom. The third-order valence-electron chi connectivity index (χ3n) is 6.02. The highest BCUT2D eigenvalue weighted by Gasteiger charge is 2.33. The van der Waals surface area contributed by atoms with Crippen molar-refractivity contribution in [2.24, 2.45) is 0 Å². The fraction of sp³-hybridized carbons (Fsp3) is 0.148. The van der Waals surface area contributed by atoms with Crippen LogP contribution in [0.25, 0.3) is 22.5 Å². The smallest absolute Gasteiger partial charge is 0.134 e. The predicted molar refractivity (Wildman–Crippen MR) is 134 cm³/mol. The molecule has 1 aromatic carbocycles. The topological polar surface area (TPSA) is 90.5 Å². The standard InChI is InChI=1S/C27H24ClN5O/c1-27(16-21-5-3-11-31-21,15-18-4-2-10-30-17-18)26-32-24(19-8-12-29-13-9-19)25(33-26)20-6-7-22(28)23(34)14-20/h2-14,17,31,34H,15-16H2,1H3,(H,32,33). The first kappa shape index (κ1) is 21.9. The molecule has 5 rings (SSSR count). The van der Waals surface area contributed by atoms with E-state index in [9.17, 15) is 5.11 Å². The lowest BCUT2D eigenvalue weighted by molar-refractivity contribution is 0.436. The number of hydrogen-bond donors (Lipinski definition) is 3. The number of hydrogen-bond acceptors (Lipinski definition) is 4. The Morgan fingerprint density at radius 1 is 0.941 bits per heavy atom. The van der Waals surface area contributed by atoms with Gasteiger partial charge in [-0.3, -0.25) is 9.97 Å². The zero-order chi connectivity index (χ0) is 23.5. The molecule has 1 unspecified atom stereocenters. The molecule has 170 valence electrons. The van der Waals surface area contributed by atoms with Crippen LogP contribution >= 0.6 is 11.6 Å². The number of aromatic amines is 2. The number of phenolic OH excluding ortho intramolecular Hbond substituents is 1. The first-order valence-corrected chi connectivity index (χ1v) is 11.4. The molecule has 4 aromatic heterocycles. The van der Waals surface area contributed by atoms with E-state index < -0.39 is 0 Å². The van der Waals surface area contributed by atoms with Gasteiger partial charge < -0.3 is 15.1 Å². The summed E-state index contributed by atoms with van der Waals surface area (Å²) in [5.41, 5.74) is 5.24. The van der Waals surface area contributed by atoms with Gasteiger partial charge in [0.25, 0.3) is 0 Å². The lowest BCUT2D eigenvalue weighted by atomic mass is 9.79. The number of imidazole rings is 1. The minimum absolute atomic E-state index is 0.0221. The summed E-state index contributed by atoms with van der Waals surface area (Å²) in [4.78, 5) is 20.5. The van der Waals surface area contributed by atoms with Crippen LogP contribution in [0.1, 0.15) is 24.0 Å². The van der Waals surface area contributed by atoms with Gasteiger partial charge in [-0.05, 0) is 54.4 Å². The second kappa shape index (κ2) is 9.15. The van der Waals surface area contributed by atoms with Crippen molar-refractivity contribution in [1.82, 2.24) is 24.9 Å². The molecule has 0 aliphatic carbocycles. The highest BCUT2D eigenvalue weighted by molar-refractivity contribution is 6.32. The summed E-state index contributed by atoms with van der Waals surface area (Å²) in [6, 6.07) is 17.2. The van der Waals surface area contributed by atoms with Crippen molar-refractivity contribution < 1.29 is 5.11 Å². The van der Waals surface area contributed by atoms with E-state index in [1.807, 2.05) is 42.7 Å². The molecular formula is C27H24ClN5O. The zero-order valence-electron chi connectivity index (χ0n) is 18.7. The molecular weight excluding hydrogens is 446 g/mol. The summed E-state index contributed by atoms with van der Waals surface area (Å²) < 4.78 is 0. The second-order valence-electron chi connectivity index (χ2n) is 8.68. The van der Waals surface area contributed by atoms with E-state index in [4.69, 9.17) is 16.6 Å². The number of nitrogens with zero attached hydrogens (tertiary/aromatic N) is 3. The number of halogens is 1. The molecule has 3 N–H and O–H groups in total. The van der Waals surface area contributed by atoms with E-state index in [0.717, 1.165) is 52.4 Å². The molecule has 0 fully saturated rings. The monoisotopic (exact) mass is 469 g/mol. The van der Waals surface area contributed by atoms with E-state index in [0.29, 0.717) is 5.02 Å². The molecule has 0 aliphatic rings. The van der Waals surface area contributed by atoms with Crippen molar-refractivity contribution >= 4 is 11.6 Å². The SMILES string of the molecule is CC(Cc1cccnc1)(Cc1ccc[nH]1)c1nc(-c2ccc(Cl)c(O)c2)c(-c2ccncc2)[nH]1. The van der Waals surface area contributed by atoms with Crippen molar-refractivity contribution in [2.45, 2.75) is 25.2 Å². The van der Waals surface area contributed by atoms with Crippen LogP contribution in [-0.4, -0.2) is 30.0 Å². The molecule has 0 saturated heterocycles. The number of aromatic nitrogens is 5. The van der Waals surface area contributed by atoms with Crippen LogP contribution < -0.4 is 0 Å². The third-order valence-corrected chi connectivity index (χ3v) is 6.34. The maximum absolute atomic E-state index is 10.3. The Hall–Kier alpha value is -3.90. The van der Waals surface area contributed by atoms with Gasteiger partial charge in [-0.25, -0.2) is 4.98 Å². The first-order valence-electron chi connectivity index (χ1n) is 11.0. The predicted octanol–water partition coefficient (Wildman–Crippen LogP) is 5.96. The Bertz CT molecular complexity index is 1380. The maximum atomic E-state index is 10.3. The zero-order valence-corrected chi connectivity index (χ0v) is 19.4. The number of benzene rings is 1. The van der Waals surface area contributed by atoms with Crippen molar-refractivity contribution in [2.75, 3.05) is 0 Å². The number of rotatable bonds is 7. The van der Waals surface area contributed by atoms with Gasteiger partial charge in [-0.15, -0.1) is 0 Å². The van der Waals surface area contributed by atoms with Crippen LogP contribution in [0.2, 0.25) is 5.02 Å². The molecule has 5 aromatic rings. The van der Waals surface area contributed by atoms with Crippen LogP contribution in [0.3, 0.4) is 0 Å². The first-order chi connectivity index (χ1) is 16.5. The average molecular weight is 470 g/mol. The van der Waals surface area contributed by atoms with Crippen LogP contribution in [0.5, 0.6) is 5.75 Å². The van der Waals surface area contributed by atoms with Gasteiger partial charge in [0.1, 0.15) is 11.6 Å². The number of H-pyrrole nitrogens is 2. The Balaban J connectivity index is 1.66. The Morgan fingerprint density at radius 3 is 2.50 bits per heavy atom. The van der Waals surface area contributed by atoms with Crippen LogP contribution in [-0.2, 0) is 18.3 Å². The van der Waals surface area contributed by atoms with Gasteiger partial charge in [-0.1, -0.05) is 30.7 Å². The summed E-state index contributed by atoms with van der Waals surface area (Å²) in [7, 11) is 0. The number of nitrogens with one attached hydrogen (secondary N) is 2. The minimum Gasteiger partial charge on any atom is -0.506 e. The van der Waals surface area contributed by atoms with Crippen molar-refractivity contribution in [3.05, 3.63) is 108 Å². The molecule has 0 bridgehead atoms. The van der Waals surface area contributed by atoms with Crippen LogP contribution in [0.4, 0.5) is 0 Å². The molecule has 0 saturated carbocycles. The molecule has 0 amide bonds. The Labute approximate surface area is 202 Å². The lowest BCUT2D eigenvalue weighted by Crippen LogP contribution is -2.30. The summed E-state index contributed by atoms with van der Waals surface area (Å²) in [5, 5.41) is 10.6. The second-order valence-corrected chi connectivity index (χ2v) is 9.09. The summed E-state index contributed by atoms with van der Waals surface area (Å²) >= 11 is 6.08. The van der Waals surface area contributed by atoms with Crippen molar-refractivity contribution in [1.29, 1.82) is 0 Å². The van der Waals surface area contributed by atoms with Crippen LogP contribution in [0, 0.1) is 0 Å². The molecule has 34 heavy (non-hydrogen) atoms. The molecule has 6 nitrogen and oxygen atoms in total. The van der Waals surface area contributed by atoms with Gasteiger partial charge in [0.2, 0.25) is 0 Å². The fourth-order valence-corrected chi connectivity index (χ4v) is 4.45. The summed E-state index contributed by atoms with van der Waals surface area (Å²) in [6.07, 6.45) is 10.6. The highest BCUT2D eigenvalue weighted by atomic mass is 35.5. The summed E-state index contributed by atoms with van der Waals surface area (Å²) in [6.45, 7) is 2.21. The highest BCUT2D eigenvalue weighted by Crippen LogP contribution is 2.38. The molecule has 0 radical (unpaired) electrons. The largest absolute Gasteiger partial charge is 0.506 e. The molecule has 7 heteroatoms. The molecule has 4 heterocycles. The van der Waals surface area contributed by atoms with E-state index in [1.165, 1.54) is 0 Å². The van der Waals surface area contributed by atoms with Gasteiger partial charge in [0, 0.05) is 59.6 Å². The Kier molecular flexibility index (Phi) is 5.90. The van der Waals surface area contributed by atoms with E-state index in [-0.39, 0.29) is 11.2 Å². The van der Waals surface area contributed by atoms with E-state index in [2.05, 4.69) is 39.0 Å². The number of phenols is 1. The lowest BCUT2D eigenvalue weighted by Gasteiger charge is -2.27. The van der Waals surface area contributed by atoms with E-state index >= 15 is 0 Å². The van der Waals surface area contributed by atoms with Gasteiger partial charge in [-0.2, -0.15) is 0 Å². The number of aromatic hydroxyl groups is 1. The van der Waals surface area contributed by atoms with Crippen molar-refractivity contribution in [3.63, 3.8) is 0 Å². The van der Waals surface area contributed by atoms with E-state index in [1.54, 1.807) is 30.7 Å². The van der Waals surface area contributed by atoms with Crippen molar-refractivity contribution in [3.8, 4) is 28.3 Å². The minimum atomic E-state index is -0.359.